The summed E-state index contributed by atoms with van der Waals surface area (Å²) in [6.07, 6.45) is 3.26. The molecule has 9 heteroatoms. The normalized spacial score (nSPS) is 11.2. The van der Waals surface area contributed by atoms with Gasteiger partial charge in [0.15, 0.2) is 0 Å². The van der Waals surface area contributed by atoms with E-state index in [0.717, 1.165) is 11.1 Å². The Morgan fingerprint density at radius 2 is 1.75 bits per heavy atom. The number of nitrogens with zero attached hydrogens (tertiary/aromatic N) is 3. The van der Waals surface area contributed by atoms with E-state index in [9.17, 15) is 9.59 Å². The molecule has 0 bridgehead atoms. The average Bonchev–Trinajstić information content (AvgIpc) is 2.69. The van der Waals surface area contributed by atoms with Gasteiger partial charge in [0.05, 0.1) is 18.4 Å². The highest BCUT2D eigenvalue weighted by atomic mass is 32.2. The number of carbonyl (C=O) groups excluding carboxylic acids is 2. The molecule has 0 spiro atoms. The fourth-order valence-corrected chi connectivity index (χ4v) is 3.32. The van der Waals surface area contributed by atoms with Crippen molar-refractivity contribution in [1.29, 1.82) is 0 Å². The van der Waals surface area contributed by atoms with Crippen LogP contribution in [0.3, 0.4) is 0 Å². The van der Waals surface area contributed by atoms with Gasteiger partial charge in [-0.2, -0.15) is 0 Å². The minimum absolute atomic E-state index is 0.0545. The summed E-state index contributed by atoms with van der Waals surface area (Å²) in [5.74, 6) is -0.575. The fraction of sp³-hybridized carbons (Fsp3) is 0.211. The largest absolute Gasteiger partial charge is 0.465 e. The molecule has 8 nitrogen and oxygen atoms in total. The second-order valence-electron chi connectivity index (χ2n) is 5.60. The summed E-state index contributed by atoms with van der Waals surface area (Å²) < 4.78 is 4.74. The molecule has 1 heterocycles. The third-order valence-corrected chi connectivity index (χ3v) is 4.74. The van der Waals surface area contributed by atoms with Crippen molar-refractivity contribution >= 4 is 41.9 Å². The zero-order valence-electron chi connectivity index (χ0n) is 15.8. The number of aromatic nitrogens is 1. The Labute approximate surface area is 167 Å². The van der Waals surface area contributed by atoms with E-state index in [2.05, 4.69) is 15.0 Å². The first-order valence-corrected chi connectivity index (χ1v) is 9.19. The number of primary amides is 1. The van der Waals surface area contributed by atoms with Crippen LogP contribution in [0.5, 0.6) is 0 Å². The fourth-order valence-electron chi connectivity index (χ4n) is 2.57. The molecule has 0 saturated heterocycles. The quantitative estimate of drug-likeness (QED) is 0.414. The molecule has 0 atom stereocenters. The standard InChI is InChI=1S/C19H21N5O3S/c1-22-8-13-16(11-4-6-12(7-5-11)19(26)27-3)14(9-23-2)18(24-17(13)21)28-10-15(20)25/h4-9H,10H2,1-3H3,(H2,20,25)(H2,21,24). The number of hydrogen-bond acceptors (Lipinski definition) is 8. The van der Waals surface area contributed by atoms with E-state index in [1.54, 1.807) is 50.8 Å². The Balaban J connectivity index is 2.73. The van der Waals surface area contributed by atoms with Crippen LogP contribution in [0.4, 0.5) is 5.82 Å². The summed E-state index contributed by atoms with van der Waals surface area (Å²) in [7, 11) is 4.59. The molecular formula is C19H21N5O3S. The lowest BCUT2D eigenvalue weighted by Gasteiger charge is -2.16. The number of pyridine rings is 1. The van der Waals surface area contributed by atoms with Gasteiger partial charge in [0.2, 0.25) is 5.91 Å². The highest BCUT2D eigenvalue weighted by molar-refractivity contribution is 8.00. The summed E-state index contributed by atoms with van der Waals surface area (Å²) in [6.45, 7) is 0. The van der Waals surface area contributed by atoms with E-state index in [1.165, 1.54) is 18.9 Å². The first kappa shape index (κ1) is 21.1. The summed E-state index contributed by atoms with van der Waals surface area (Å²) in [5.41, 5.74) is 14.7. The number of aliphatic imine (C=N–C) groups is 2. The summed E-state index contributed by atoms with van der Waals surface area (Å²) in [5, 5.41) is 0.530. The predicted molar refractivity (Wildman–Crippen MR) is 112 cm³/mol. The number of carbonyl (C=O) groups is 2. The van der Waals surface area contributed by atoms with Crippen molar-refractivity contribution in [2.24, 2.45) is 15.7 Å². The molecule has 0 radical (unpaired) electrons. The van der Waals surface area contributed by atoms with E-state index >= 15 is 0 Å². The molecule has 1 amide bonds. The van der Waals surface area contributed by atoms with Gasteiger partial charge < -0.3 is 16.2 Å². The number of amides is 1. The van der Waals surface area contributed by atoms with Crippen LogP contribution in [-0.2, 0) is 9.53 Å². The van der Waals surface area contributed by atoms with Crippen LogP contribution in [0.1, 0.15) is 21.5 Å². The van der Waals surface area contributed by atoms with Crippen molar-refractivity contribution in [2.45, 2.75) is 5.03 Å². The van der Waals surface area contributed by atoms with E-state index in [4.69, 9.17) is 16.2 Å². The molecule has 146 valence electrons. The van der Waals surface area contributed by atoms with Crippen molar-refractivity contribution in [3.05, 3.63) is 41.0 Å². The molecule has 2 aromatic rings. The lowest BCUT2D eigenvalue weighted by Crippen LogP contribution is -2.14. The summed E-state index contributed by atoms with van der Waals surface area (Å²) >= 11 is 1.18. The minimum Gasteiger partial charge on any atom is -0.465 e. The van der Waals surface area contributed by atoms with E-state index in [0.29, 0.717) is 21.7 Å². The number of benzene rings is 1. The van der Waals surface area contributed by atoms with Crippen molar-refractivity contribution in [3.63, 3.8) is 0 Å². The second-order valence-corrected chi connectivity index (χ2v) is 6.57. The van der Waals surface area contributed by atoms with Crippen molar-refractivity contribution < 1.29 is 14.3 Å². The third-order valence-electron chi connectivity index (χ3n) is 3.73. The Bertz CT molecular complexity index is 940. The maximum absolute atomic E-state index is 11.7. The van der Waals surface area contributed by atoms with Gasteiger partial charge in [-0.15, -0.1) is 0 Å². The maximum atomic E-state index is 11.7. The minimum atomic E-state index is -0.465. The molecule has 28 heavy (non-hydrogen) atoms. The van der Waals surface area contributed by atoms with Crippen LogP contribution >= 0.6 is 11.8 Å². The van der Waals surface area contributed by atoms with Gasteiger partial charge >= 0.3 is 5.97 Å². The van der Waals surface area contributed by atoms with Crippen LogP contribution in [-0.4, -0.2) is 56.2 Å². The lowest BCUT2D eigenvalue weighted by atomic mass is 9.95. The molecule has 0 aliphatic rings. The molecule has 0 aliphatic heterocycles. The number of esters is 1. The maximum Gasteiger partial charge on any atom is 0.337 e. The van der Waals surface area contributed by atoms with Crippen molar-refractivity contribution in [2.75, 3.05) is 32.7 Å². The third kappa shape index (κ3) is 4.74. The number of thioether (sulfide) groups is 1. The molecule has 4 N–H and O–H groups in total. The number of nitrogen functional groups attached to an aromatic ring is 1. The molecule has 0 aliphatic carbocycles. The Morgan fingerprint density at radius 1 is 1.14 bits per heavy atom. The smallest absolute Gasteiger partial charge is 0.337 e. The highest BCUT2D eigenvalue weighted by Crippen LogP contribution is 2.35. The number of hydrogen-bond donors (Lipinski definition) is 2. The van der Waals surface area contributed by atoms with Crippen LogP contribution in [0.15, 0.2) is 39.3 Å². The molecule has 1 aromatic heterocycles. The first-order chi connectivity index (χ1) is 13.4. The summed E-state index contributed by atoms with van der Waals surface area (Å²) in [6, 6.07) is 6.88. The van der Waals surface area contributed by atoms with Crippen LogP contribution in [0.25, 0.3) is 11.1 Å². The average molecular weight is 399 g/mol. The zero-order valence-corrected chi connectivity index (χ0v) is 16.6. The van der Waals surface area contributed by atoms with Gasteiger partial charge in [0, 0.05) is 43.2 Å². The van der Waals surface area contributed by atoms with Gasteiger partial charge in [-0.1, -0.05) is 23.9 Å². The number of anilines is 1. The van der Waals surface area contributed by atoms with E-state index in [-0.39, 0.29) is 11.6 Å². The van der Waals surface area contributed by atoms with Gasteiger partial charge in [-0.05, 0) is 17.7 Å². The summed E-state index contributed by atoms with van der Waals surface area (Å²) in [4.78, 5) is 35.5. The van der Waals surface area contributed by atoms with Crippen LogP contribution in [0.2, 0.25) is 0 Å². The first-order valence-electron chi connectivity index (χ1n) is 8.20. The number of nitrogens with two attached hydrogens (primary N) is 2. The van der Waals surface area contributed by atoms with E-state index < -0.39 is 11.9 Å². The Hall–Kier alpha value is -3.20. The van der Waals surface area contributed by atoms with Gasteiger partial charge in [0.1, 0.15) is 10.8 Å². The van der Waals surface area contributed by atoms with Crippen LogP contribution in [0, 0.1) is 0 Å². The molecule has 0 fully saturated rings. The van der Waals surface area contributed by atoms with E-state index in [1.807, 2.05) is 0 Å². The molecule has 1 aromatic carbocycles. The van der Waals surface area contributed by atoms with Gasteiger partial charge in [-0.25, -0.2) is 9.78 Å². The monoisotopic (exact) mass is 399 g/mol. The van der Waals surface area contributed by atoms with Gasteiger partial charge in [0.25, 0.3) is 0 Å². The number of ether oxygens (including phenoxy) is 1. The predicted octanol–water partition coefficient (Wildman–Crippen LogP) is 1.79. The SMILES string of the molecule is CN=Cc1c(N)nc(SCC(N)=O)c(C=NC)c1-c1ccc(C(=O)OC)cc1. The van der Waals surface area contributed by atoms with Crippen LogP contribution < -0.4 is 11.5 Å². The Kier molecular flexibility index (Phi) is 7.28. The molecular weight excluding hydrogens is 378 g/mol. The topological polar surface area (TPSA) is 133 Å². The van der Waals surface area contributed by atoms with Crippen molar-refractivity contribution in [1.82, 2.24) is 4.98 Å². The Morgan fingerprint density at radius 3 is 2.29 bits per heavy atom. The van der Waals surface area contributed by atoms with Gasteiger partial charge in [-0.3, -0.25) is 14.8 Å². The number of methoxy groups -OCH3 is 1. The zero-order chi connectivity index (χ0) is 20.7. The number of rotatable bonds is 7. The molecule has 0 unspecified atom stereocenters. The lowest BCUT2D eigenvalue weighted by molar-refractivity contribution is -0.115. The van der Waals surface area contributed by atoms with Crippen molar-refractivity contribution in [3.8, 4) is 11.1 Å². The second kappa shape index (κ2) is 9.65. The highest BCUT2D eigenvalue weighted by Gasteiger charge is 2.19. The molecule has 2 rings (SSSR count). The molecule has 0 saturated carbocycles.